The molecule has 4 heteroatoms. The van der Waals surface area contributed by atoms with E-state index in [0.717, 1.165) is 17.2 Å². The molecule has 0 spiro atoms. The molecular formula is C16H20N2OS. The van der Waals surface area contributed by atoms with Crippen LogP contribution in [0.2, 0.25) is 0 Å². The van der Waals surface area contributed by atoms with Crippen LogP contribution in [0.15, 0.2) is 34.7 Å². The molecule has 20 heavy (non-hydrogen) atoms. The fraction of sp³-hybridized carbons (Fsp3) is 0.312. The molecule has 2 rings (SSSR count). The van der Waals surface area contributed by atoms with E-state index in [1.165, 1.54) is 11.1 Å². The molecule has 106 valence electrons. The Kier molecular flexibility index (Phi) is 4.45. The van der Waals surface area contributed by atoms with Gasteiger partial charge in [0.15, 0.2) is 5.11 Å². The number of furan rings is 1. The van der Waals surface area contributed by atoms with Gasteiger partial charge in [-0.25, -0.2) is 0 Å². The number of rotatable bonds is 3. The molecule has 0 atom stereocenters. The van der Waals surface area contributed by atoms with E-state index in [1.54, 1.807) is 0 Å². The number of nitrogens with zero attached hydrogens (tertiary/aromatic N) is 1. The molecule has 1 aromatic carbocycles. The van der Waals surface area contributed by atoms with Crippen molar-refractivity contribution in [2.24, 2.45) is 0 Å². The van der Waals surface area contributed by atoms with Gasteiger partial charge in [-0.1, -0.05) is 18.2 Å². The Bertz CT molecular complexity index is 598. The molecule has 0 amide bonds. The number of benzene rings is 1. The highest BCUT2D eigenvalue weighted by molar-refractivity contribution is 7.80. The average Bonchev–Trinajstić information content (AvgIpc) is 2.79. The van der Waals surface area contributed by atoms with E-state index in [2.05, 4.69) is 31.3 Å². The highest BCUT2D eigenvalue weighted by Gasteiger charge is 2.10. The van der Waals surface area contributed by atoms with Gasteiger partial charge in [0.05, 0.1) is 6.54 Å². The third-order valence-electron chi connectivity index (χ3n) is 3.25. The summed E-state index contributed by atoms with van der Waals surface area (Å²) >= 11 is 5.46. The number of anilines is 1. The average molecular weight is 288 g/mol. The Balaban J connectivity index is 2.04. The zero-order valence-corrected chi connectivity index (χ0v) is 13.2. The van der Waals surface area contributed by atoms with Crippen LogP contribution < -0.4 is 5.32 Å². The maximum atomic E-state index is 5.57. The lowest BCUT2D eigenvalue weighted by atomic mass is 10.1. The quantitative estimate of drug-likeness (QED) is 0.863. The molecule has 1 aromatic heterocycles. The first-order valence-corrected chi connectivity index (χ1v) is 7.02. The summed E-state index contributed by atoms with van der Waals surface area (Å²) in [7, 11) is 1.96. The third kappa shape index (κ3) is 3.39. The van der Waals surface area contributed by atoms with Crippen LogP contribution in [0, 0.1) is 20.8 Å². The lowest BCUT2D eigenvalue weighted by Crippen LogP contribution is -2.30. The number of hydrogen-bond donors (Lipinski definition) is 1. The van der Waals surface area contributed by atoms with Gasteiger partial charge in [0, 0.05) is 12.7 Å². The number of aryl methyl sites for hydroxylation is 3. The molecule has 0 saturated carbocycles. The molecule has 1 heterocycles. The van der Waals surface area contributed by atoms with Gasteiger partial charge in [-0.3, -0.25) is 0 Å². The minimum Gasteiger partial charge on any atom is -0.464 e. The smallest absolute Gasteiger partial charge is 0.173 e. The van der Waals surface area contributed by atoms with Crippen molar-refractivity contribution < 1.29 is 4.42 Å². The summed E-state index contributed by atoms with van der Waals surface area (Å²) in [6.45, 7) is 6.75. The third-order valence-corrected chi connectivity index (χ3v) is 3.66. The second-order valence-electron chi connectivity index (χ2n) is 5.07. The number of nitrogens with one attached hydrogen (secondary N) is 1. The van der Waals surface area contributed by atoms with E-state index in [4.69, 9.17) is 16.6 Å². The molecule has 0 aliphatic heterocycles. The summed E-state index contributed by atoms with van der Waals surface area (Å²) in [4.78, 5) is 1.97. The maximum Gasteiger partial charge on any atom is 0.173 e. The van der Waals surface area contributed by atoms with Gasteiger partial charge in [0.1, 0.15) is 11.5 Å². The zero-order valence-electron chi connectivity index (χ0n) is 12.4. The van der Waals surface area contributed by atoms with Crippen molar-refractivity contribution in [1.29, 1.82) is 0 Å². The Morgan fingerprint density at radius 2 is 1.80 bits per heavy atom. The molecule has 0 bridgehead atoms. The number of hydrogen-bond acceptors (Lipinski definition) is 2. The van der Waals surface area contributed by atoms with Crippen LogP contribution in [0.5, 0.6) is 0 Å². The van der Waals surface area contributed by atoms with Gasteiger partial charge < -0.3 is 14.6 Å². The van der Waals surface area contributed by atoms with E-state index >= 15 is 0 Å². The molecular weight excluding hydrogens is 268 g/mol. The van der Waals surface area contributed by atoms with Gasteiger partial charge in [-0.05, 0) is 56.2 Å². The highest BCUT2D eigenvalue weighted by atomic mass is 32.1. The second-order valence-corrected chi connectivity index (χ2v) is 5.45. The molecule has 0 unspecified atom stereocenters. The summed E-state index contributed by atoms with van der Waals surface area (Å²) in [6.07, 6.45) is 0. The van der Waals surface area contributed by atoms with E-state index < -0.39 is 0 Å². The van der Waals surface area contributed by atoms with Crippen molar-refractivity contribution in [3.05, 3.63) is 53.0 Å². The minimum absolute atomic E-state index is 0.657. The van der Waals surface area contributed by atoms with Gasteiger partial charge in [0.25, 0.3) is 0 Å². The summed E-state index contributed by atoms with van der Waals surface area (Å²) in [6, 6.07) is 10.1. The van der Waals surface area contributed by atoms with Crippen LogP contribution in [-0.4, -0.2) is 17.1 Å². The van der Waals surface area contributed by atoms with Crippen molar-refractivity contribution in [2.75, 3.05) is 12.4 Å². The van der Waals surface area contributed by atoms with Crippen LogP contribution in [-0.2, 0) is 6.54 Å². The Morgan fingerprint density at radius 1 is 1.15 bits per heavy atom. The fourth-order valence-electron chi connectivity index (χ4n) is 2.09. The summed E-state index contributed by atoms with van der Waals surface area (Å²) < 4.78 is 5.57. The van der Waals surface area contributed by atoms with Gasteiger partial charge in [-0.15, -0.1) is 0 Å². The van der Waals surface area contributed by atoms with E-state index in [1.807, 2.05) is 37.1 Å². The predicted octanol–water partition coefficient (Wildman–Crippen LogP) is 4.03. The molecule has 2 aromatic rings. The van der Waals surface area contributed by atoms with E-state index in [9.17, 15) is 0 Å². The van der Waals surface area contributed by atoms with Crippen LogP contribution in [0.4, 0.5) is 5.69 Å². The first kappa shape index (κ1) is 14.6. The minimum atomic E-state index is 0.657. The molecule has 0 saturated heterocycles. The standard InChI is InChI=1S/C16H20N2OS/c1-11-6-5-7-12(2)15(11)17-16(20)18(4)10-14-9-8-13(3)19-14/h5-9H,10H2,1-4H3,(H,17,20). The van der Waals surface area contributed by atoms with Crippen molar-refractivity contribution >= 4 is 23.0 Å². The largest absolute Gasteiger partial charge is 0.464 e. The number of para-hydroxylation sites is 1. The highest BCUT2D eigenvalue weighted by Crippen LogP contribution is 2.20. The van der Waals surface area contributed by atoms with Crippen LogP contribution in [0.1, 0.15) is 22.6 Å². The monoisotopic (exact) mass is 288 g/mol. The van der Waals surface area contributed by atoms with Crippen molar-refractivity contribution in [1.82, 2.24) is 4.90 Å². The molecule has 1 N–H and O–H groups in total. The van der Waals surface area contributed by atoms with Crippen LogP contribution >= 0.6 is 12.2 Å². The fourth-order valence-corrected chi connectivity index (χ4v) is 2.26. The van der Waals surface area contributed by atoms with Crippen molar-refractivity contribution in [2.45, 2.75) is 27.3 Å². The number of thiocarbonyl (C=S) groups is 1. The molecule has 0 fully saturated rings. The lowest BCUT2D eigenvalue weighted by Gasteiger charge is -2.21. The zero-order chi connectivity index (χ0) is 14.7. The summed E-state index contributed by atoms with van der Waals surface area (Å²) in [5.41, 5.74) is 3.46. The molecule has 3 nitrogen and oxygen atoms in total. The first-order chi connectivity index (χ1) is 9.47. The van der Waals surface area contributed by atoms with Crippen LogP contribution in [0.3, 0.4) is 0 Å². The molecule has 0 aliphatic rings. The van der Waals surface area contributed by atoms with Crippen molar-refractivity contribution in [3.63, 3.8) is 0 Å². The Hall–Kier alpha value is -1.81. The summed E-state index contributed by atoms with van der Waals surface area (Å²) in [5, 5.41) is 4.01. The van der Waals surface area contributed by atoms with Crippen molar-refractivity contribution in [3.8, 4) is 0 Å². The lowest BCUT2D eigenvalue weighted by molar-refractivity contribution is 0.403. The second kappa shape index (κ2) is 6.09. The maximum absolute atomic E-state index is 5.57. The SMILES string of the molecule is Cc1ccc(CN(C)C(=S)Nc2c(C)cccc2C)o1. The Labute approximate surface area is 125 Å². The first-order valence-electron chi connectivity index (χ1n) is 6.61. The van der Waals surface area contributed by atoms with E-state index in [-0.39, 0.29) is 0 Å². The van der Waals surface area contributed by atoms with Gasteiger partial charge in [0.2, 0.25) is 0 Å². The normalized spacial score (nSPS) is 10.4. The topological polar surface area (TPSA) is 28.4 Å². The predicted molar refractivity (Wildman–Crippen MR) is 87.0 cm³/mol. The summed E-state index contributed by atoms with van der Waals surface area (Å²) in [5.74, 6) is 1.83. The Morgan fingerprint density at radius 3 is 2.35 bits per heavy atom. The van der Waals surface area contributed by atoms with E-state index in [0.29, 0.717) is 11.7 Å². The molecule has 0 aliphatic carbocycles. The molecule has 0 radical (unpaired) electrons. The van der Waals surface area contributed by atoms with Gasteiger partial charge >= 0.3 is 0 Å². The van der Waals surface area contributed by atoms with Crippen LogP contribution in [0.25, 0.3) is 0 Å². The van der Waals surface area contributed by atoms with Gasteiger partial charge in [-0.2, -0.15) is 0 Å².